The van der Waals surface area contributed by atoms with Crippen LogP contribution in [-0.4, -0.2) is 48.9 Å². The van der Waals surface area contributed by atoms with Gasteiger partial charge < -0.3 is 14.7 Å². The molecule has 1 fully saturated rings. The highest BCUT2D eigenvalue weighted by atomic mass is 35.5. The Hall–Kier alpha value is -3.24. The van der Waals surface area contributed by atoms with Gasteiger partial charge in [-0.3, -0.25) is 0 Å². The maximum atomic E-state index is 14.7. The van der Waals surface area contributed by atoms with Crippen LogP contribution in [0.3, 0.4) is 0 Å². The van der Waals surface area contributed by atoms with Crippen molar-refractivity contribution in [3.63, 3.8) is 0 Å². The van der Waals surface area contributed by atoms with Gasteiger partial charge in [0.05, 0.1) is 27.8 Å². The molecule has 2 aliphatic rings. The zero-order valence-electron chi connectivity index (χ0n) is 21.0. The van der Waals surface area contributed by atoms with Gasteiger partial charge in [-0.2, -0.15) is 0 Å². The second-order valence-electron chi connectivity index (χ2n) is 9.52. The third kappa shape index (κ3) is 4.43. The Morgan fingerprint density at radius 1 is 0.795 bits per heavy atom. The van der Waals surface area contributed by atoms with Crippen LogP contribution < -0.4 is 14.7 Å². The first-order chi connectivity index (χ1) is 18.9. The number of hydrogen-bond donors (Lipinski definition) is 0. The molecule has 0 bridgehead atoms. The Balaban J connectivity index is 1.24. The summed E-state index contributed by atoms with van der Waals surface area (Å²) in [7, 11) is 0. The topological polar surface area (TPSA) is 35.5 Å². The summed E-state index contributed by atoms with van der Waals surface area (Å²) < 4.78 is 57.0. The average molecular weight is 574 g/mol. The maximum absolute atomic E-state index is 14.7. The molecule has 4 aromatic rings. The van der Waals surface area contributed by atoms with Crippen molar-refractivity contribution in [2.45, 2.75) is 17.9 Å². The molecule has 6 rings (SSSR count). The van der Waals surface area contributed by atoms with E-state index < -0.39 is 23.3 Å². The average Bonchev–Trinajstić information content (AvgIpc) is 2.97. The summed E-state index contributed by atoms with van der Waals surface area (Å²) in [4.78, 5) is 14.9. The lowest BCUT2D eigenvalue weighted by atomic mass is 10.0. The fourth-order valence-electron chi connectivity index (χ4n) is 5.57. The smallest absolute Gasteiger partial charge is 0.199 e. The highest BCUT2D eigenvalue weighted by Crippen LogP contribution is 2.39. The molecule has 0 N–H and O–H groups in total. The van der Waals surface area contributed by atoms with Gasteiger partial charge in [0, 0.05) is 49.4 Å². The van der Waals surface area contributed by atoms with E-state index in [1.807, 2.05) is 30.3 Å². The number of rotatable bonds is 4. The summed E-state index contributed by atoms with van der Waals surface area (Å²) in [6.07, 6.45) is 3.79. The molecule has 1 saturated heterocycles. The van der Waals surface area contributed by atoms with Gasteiger partial charge in [0.1, 0.15) is 12.1 Å². The molecule has 5 nitrogen and oxygen atoms in total. The van der Waals surface area contributed by atoms with Crippen LogP contribution in [0.1, 0.15) is 11.3 Å². The van der Waals surface area contributed by atoms with Gasteiger partial charge in [-0.25, -0.2) is 27.5 Å². The number of aromatic nitrogens is 2. The third-order valence-corrected chi connectivity index (χ3v) is 8.55. The molecule has 202 valence electrons. The number of piperazine rings is 1. The Morgan fingerprint density at radius 3 is 2.23 bits per heavy atom. The number of halogens is 5. The van der Waals surface area contributed by atoms with E-state index in [0.717, 1.165) is 58.3 Å². The van der Waals surface area contributed by atoms with Crippen LogP contribution in [0.4, 0.5) is 34.8 Å². The molecule has 39 heavy (non-hydrogen) atoms. The second kappa shape index (κ2) is 10.4. The van der Waals surface area contributed by atoms with Gasteiger partial charge in [0.15, 0.2) is 23.3 Å². The third-order valence-electron chi connectivity index (χ3n) is 7.46. The summed E-state index contributed by atoms with van der Waals surface area (Å²) in [5, 5.41) is 2.80. The van der Waals surface area contributed by atoms with E-state index in [1.165, 1.54) is 6.26 Å². The first kappa shape index (κ1) is 26.0. The second-order valence-corrected chi connectivity index (χ2v) is 10.7. The Kier molecular flexibility index (Phi) is 6.93. The molecule has 0 saturated carbocycles. The molecule has 3 heterocycles. The van der Waals surface area contributed by atoms with Crippen molar-refractivity contribution in [2.75, 3.05) is 53.7 Å². The minimum absolute atomic E-state index is 0.229. The number of nitrogens with zero attached hydrogens (tertiary/aromatic N) is 5. The molecule has 0 radical (unpaired) electrons. The van der Waals surface area contributed by atoms with Crippen LogP contribution in [0.25, 0.3) is 10.8 Å². The van der Waals surface area contributed by atoms with Crippen LogP contribution in [0, 0.1) is 23.3 Å². The van der Waals surface area contributed by atoms with Gasteiger partial charge in [0.2, 0.25) is 0 Å². The van der Waals surface area contributed by atoms with Crippen molar-refractivity contribution in [3.8, 4) is 0 Å². The minimum atomic E-state index is -1.79. The fourth-order valence-corrected chi connectivity index (χ4v) is 6.53. The van der Waals surface area contributed by atoms with Crippen molar-refractivity contribution in [2.24, 2.45) is 0 Å². The molecule has 0 amide bonds. The summed E-state index contributed by atoms with van der Waals surface area (Å²) in [5.74, 6) is -5.48. The monoisotopic (exact) mass is 573 g/mol. The zero-order valence-corrected chi connectivity index (χ0v) is 22.6. The molecular weight excluding hydrogens is 550 g/mol. The number of hydrogen-bond acceptors (Lipinski definition) is 6. The van der Waals surface area contributed by atoms with E-state index in [-0.39, 0.29) is 10.6 Å². The van der Waals surface area contributed by atoms with E-state index in [1.54, 1.807) is 11.2 Å². The number of thioether (sulfide) groups is 1. The SMILES string of the molecule is CSc1c(F)c(F)c(F)c(F)c1N1CCN(c2ncnc3c2CCN(c2cccc4cccc(Cl)c24)C3)CC1. The predicted octanol–water partition coefficient (Wildman–Crippen LogP) is 6.45. The highest BCUT2D eigenvalue weighted by molar-refractivity contribution is 7.98. The molecule has 11 heteroatoms. The molecule has 2 aliphatic heterocycles. The van der Waals surface area contributed by atoms with Crippen molar-refractivity contribution in [3.05, 3.63) is 82.3 Å². The van der Waals surface area contributed by atoms with E-state index in [9.17, 15) is 17.6 Å². The van der Waals surface area contributed by atoms with Crippen molar-refractivity contribution < 1.29 is 17.6 Å². The van der Waals surface area contributed by atoms with Crippen molar-refractivity contribution in [1.82, 2.24) is 9.97 Å². The summed E-state index contributed by atoms with van der Waals surface area (Å²) >= 11 is 7.43. The molecule has 1 aromatic heterocycles. The van der Waals surface area contributed by atoms with E-state index in [0.29, 0.717) is 37.7 Å². The van der Waals surface area contributed by atoms with Crippen molar-refractivity contribution >= 4 is 51.3 Å². The Morgan fingerprint density at radius 2 is 1.49 bits per heavy atom. The number of fused-ring (bicyclic) bond motifs is 2. The Bertz CT molecular complexity index is 1570. The normalized spacial score (nSPS) is 15.7. The lowest BCUT2D eigenvalue weighted by Crippen LogP contribution is -2.48. The maximum Gasteiger partial charge on any atom is 0.199 e. The zero-order chi connectivity index (χ0) is 27.3. The summed E-state index contributed by atoms with van der Waals surface area (Å²) in [6.45, 7) is 2.88. The minimum Gasteiger partial charge on any atom is -0.365 e. The van der Waals surface area contributed by atoms with Gasteiger partial charge >= 0.3 is 0 Å². The lowest BCUT2D eigenvalue weighted by Gasteiger charge is -2.39. The Labute approximate surface area is 232 Å². The molecule has 0 atom stereocenters. The van der Waals surface area contributed by atoms with E-state index in [2.05, 4.69) is 25.8 Å². The molecule has 0 unspecified atom stereocenters. The first-order valence-corrected chi connectivity index (χ1v) is 14.1. The lowest BCUT2D eigenvalue weighted by molar-refractivity contribution is 0.397. The first-order valence-electron chi connectivity index (χ1n) is 12.5. The van der Waals surface area contributed by atoms with Gasteiger partial charge in [-0.15, -0.1) is 11.8 Å². The van der Waals surface area contributed by atoms with Crippen molar-refractivity contribution in [1.29, 1.82) is 0 Å². The van der Waals surface area contributed by atoms with E-state index >= 15 is 0 Å². The number of anilines is 3. The fraction of sp³-hybridized carbons (Fsp3) is 0.286. The molecule has 0 spiro atoms. The largest absolute Gasteiger partial charge is 0.365 e. The van der Waals surface area contributed by atoms with Crippen LogP contribution in [0.15, 0.2) is 47.6 Å². The van der Waals surface area contributed by atoms with Crippen LogP contribution in [0.2, 0.25) is 5.02 Å². The summed E-state index contributed by atoms with van der Waals surface area (Å²) in [5.41, 5.74) is 2.81. The highest BCUT2D eigenvalue weighted by Gasteiger charge is 2.32. The van der Waals surface area contributed by atoms with Crippen LogP contribution >= 0.6 is 23.4 Å². The predicted molar refractivity (Wildman–Crippen MR) is 148 cm³/mol. The standard InChI is InChI=1S/C28H24ClF4N5S/c1-39-27-25(33)23(31)22(30)24(32)26(27)36-10-12-37(13-11-36)28-17-8-9-38(14-19(17)34-15-35-28)20-7-3-5-16-4-2-6-18(29)21(16)20/h2-7,15H,8-14H2,1H3. The van der Waals surface area contributed by atoms with Crippen LogP contribution in [-0.2, 0) is 13.0 Å². The molecule has 3 aromatic carbocycles. The summed E-state index contributed by atoms with van der Waals surface area (Å²) in [6, 6.07) is 12.0. The molecule has 0 aliphatic carbocycles. The molecular formula is C28H24ClF4N5S. The quantitative estimate of drug-likeness (QED) is 0.121. The van der Waals surface area contributed by atoms with Gasteiger partial charge in [-0.05, 0) is 30.2 Å². The van der Waals surface area contributed by atoms with Gasteiger partial charge in [0.25, 0.3) is 0 Å². The van der Waals surface area contributed by atoms with E-state index in [4.69, 9.17) is 11.6 Å². The van der Waals surface area contributed by atoms with Gasteiger partial charge in [-0.1, -0.05) is 35.9 Å². The number of benzene rings is 3. The van der Waals surface area contributed by atoms with Crippen LogP contribution in [0.5, 0.6) is 0 Å².